The second kappa shape index (κ2) is 4.02. The van der Waals surface area contributed by atoms with Crippen LogP contribution >= 0.6 is 0 Å². The molecule has 4 nitrogen and oxygen atoms in total. The Labute approximate surface area is 76.5 Å². The average molecular weight is 180 g/mol. The fraction of sp³-hybridized carbons (Fsp3) is 0.222. The molecule has 13 heavy (non-hydrogen) atoms. The molecule has 0 saturated carbocycles. The first-order chi connectivity index (χ1) is 6.15. The Morgan fingerprint density at radius 1 is 1.31 bits per heavy atom. The van der Waals surface area contributed by atoms with Crippen LogP contribution < -0.4 is 11.5 Å². The van der Waals surface area contributed by atoms with E-state index in [0.29, 0.717) is 5.56 Å². The van der Waals surface area contributed by atoms with Crippen LogP contribution in [-0.2, 0) is 4.74 Å². The van der Waals surface area contributed by atoms with E-state index in [1.807, 2.05) is 0 Å². The smallest absolute Gasteiger partial charge is 0.337 e. The van der Waals surface area contributed by atoms with Crippen molar-refractivity contribution in [2.75, 3.05) is 7.11 Å². The maximum Gasteiger partial charge on any atom is 0.337 e. The van der Waals surface area contributed by atoms with Gasteiger partial charge in [-0.25, -0.2) is 4.79 Å². The molecular formula is C9H12N2O2. The van der Waals surface area contributed by atoms with E-state index in [0.717, 1.165) is 5.56 Å². The first-order valence-electron chi connectivity index (χ1n) is 3.84. The van der Waals surface area contributed by atoms with Gasteiger partial charge in [-0.3, -0.25) is 0 Å². The van der Waals surface area contributed by atoms with E-state index in [1.54, 1.807) is 24.3 Å². The van der Waals surface area contributed by atoms with Crippen LogP contribution in [0.1, 0.15) is 22.1 Å². The van der Waals surface area contributed by atoms with Crippen molar-refractivity contribution in [3.63, 3.8) is 0 Å². The number of carbonyl (C=O) groups excluding carboxylic acids is 1. The lowest BCUT2D eigenvalue weighted by molar-refractivity contribution is 0.0600. The number of ether oxygens (including phenoxy) is 1. The second-order valence-electron chi connectivity index (χ2n) is 2.64. The Hall–Kier alpha value is -1.39. The number of benzene rings is 1. The molecule has 0 atom stereocenters. The van der Waals surface area contributed by atoms with Crippen LogP contribution in [0.4, 0.5) is 0 Å². The zero-order chi connectivity index (χ0) is 9.84. The van der Waals surface area contributed by atoms with Gasteiger partial charge in [0.05, 0.1) is 18.8 Å². The number of nitrogens with two attached hydrogens (primary N) is 2. The molecule has 4 N–H and O–H groups in total. The first-order valence-corrected chi connectivity index (χ1v) is 3.84. The first kappa shape index (κ1) is 9.70. The third-order valence-corrected chi connectivity index (χ3v) is 1.72. The van der Waals surface area contributed by atoms with Gasteiger partial charge in [-0.1, -0.05) is 12.1 Å². The minimum absolute atomic E-state index is 0.364. The van der Waals surface area contributed by atoms with Crippen molar-refractivity contribution in [1.29, 1.82) is 0 Å². The highest BCUT2D eigenvalue weighted by Crippen LogP contribution is 2.08. The molecule has 0 saturated heterocycles. The highest BCUT2D eigenvalue weighted by atomic mass is 16.5. The predicted octanol–water partition coefficient (Wildman–Crippen LogP) is 0.389. The van der Waals surface area contributed by atoms with E-state index < -0.39 is 6.17 Å². The maximum atomic E-state index is 11.0. The molecule has 4 heteroatoms. The summed E-state index contributed by atoms with van der Waals surface area (Å²) in [7, 11) is 1.34. The van der Waals surface area contributed by atoms with E-state index >= 15 is 0 Å². The molecule has 0 radical (unpaired) electrons. The molecule has 0 aromatic heterocycles. The molecule has 1 rings (SSSR count). The largest absolute Gasteiger partial charge is 0.465 e. The summed E-state index contributed by atoms with van der Waals surface area (Å²) in [5.41, 5.74) is 12.1. The Balaban J connectivity index is 2.87. The van der Waals surface area contributed by atoms with E-state index in [-0.39, 0.29) is 5.97 Å². The zero-order valence-electron chi connectivity index (χ0n) is 7.36. The Kier molecular flexibility index (Phi) is 3.00. The molecule has 0 spiro atoms. The van der Waals surface area contributed by atoms with Crippen molar-refractivity contribution in [3.8, 4) is 0 Å². The lowest BCUT2D eigenvalue weighted by atomic mass is 10.1. The van der Waals surface area contributed by atoms with Crippen LogP contribution in [0.15, 0.2) is 24.3 Å². The number of esters is 1. The van der Waals surface area contributed by atoms with Crippen LogP contribution in [0.2, 0.25) is 0 Å². The van der Waals surface area contributed by atoms with Crippen molar-refractivity contribution >= 4 is 5.97 Å². The standard InChI is InChI=1S/C9H12N2O2/c1-13-9(12)7-4-2-6(3-5-7)8(10)11/h2-5,8H,10-11H2,1H3. The summed E-state index contributed by atoms with van der Waals surface area (Å²) in [6.07, 6.45) is -0.508. The molecule has 0 amide bonds. The van der Waals surface area contributed by atoms with E-state index in [1.165, 1.54) is 7.11 Å². The van der Waals surface area contributed by atoms with Crippen LogP contribution in [0, 0.1) is 0 Å². The number of methoxy groups -OCH3 is 1. The Bertz CT molecular complexity index is 293. The number of hydrogen-bond donors (Lipinski definition) is 2. The summed E-state index contributed by atoms with van der Waals surface area (Å²) in [4.78, 5) is 11.0. The molecule has 1 aromatic rings. The normalized spacial score (nSPS) is 10.2. The third-order valence-electron chi connectivity index (χ3n) is 1.72. The summed E-state index contributed by atoms with van der Waals surface area (Å²) in [6.45, 7) is 0. The molecule has 0 fully saturated rings. The Morgan fingerprint density at radius 3 is 2.23 bits per heavy atom. The third kappa shape index (κ3) is 2.27. The molecular weight excluding hydrogens is 168 g/mol. The molecule has 1 aromatic carbocycles. The van der Waals surface area contributed by atoms with Gasteiger partial charge in [0.2, 0.25) is 0 Å². The van der Waals surface area contributed by atoms with Gasteiger partial charge in [0.25, 0.3) is 0 Å². The molecule has 0 bridgehead atoms. The molecule has 70 valence electrons. The van der Waals surface area contributed by atoms with Crippen molar-refractivity contribution in [3.05, 3.63) is 35.4 Å². The zero-order valence-corrected chi connectivity index (χ0v) is 7.36. The topological polar surface area (TPSA) is 78.3 Å². The maximum absolute atomic E-state index is 11.0. The van der Waals surface area contributed by atoms with Crippen molar-refractivity contribution in [1.82, 2.24) is 0 Å². The van der Waals surface area contributed by atoms with Gasteiger partial charge in [0.15, 0.2) is 0 Å². The summed E-state index contributed by atoms with van der Waals surface area (Å²) >= 11 is 0. The van der Waals surface area contributed by atoms with Crippen molar-refractivity contribution in [2.24, 2.45) is 11.5 Å². The molecule has 0 heterocycles. The summed E-state index contributed by atoms with van der Waals surface area (Å²) in [5, 5.41) is 0. The summed E-state index contributed by atoms with van der Waals surface area (Å²) in [5.74, 6) is -0.364. The van der Waals surface area contributed by atoms with Gasteiger partial charge in [-0.2, -0.15) is 0 Å². The van der Waals surface area contributed by atoms with E-state index in [2.05, 4.69) is 4.74 Å². The average Bonchev–Trinajstić information content (AvgIpc) is 2.17. The SMILES string of the molecule is COC(=O)c1ccc(C(N)N)cc1. The molecule has 0 aliphatic rings. The van der Waals surface area contributed by atoms with Gasteiger partial charge < -0.3 is 16.2 Å². The lowest BCUT2D eigenvalue weighted by Gasteiger charge is -2.05. The van der Waals surface area contributed by atoms with Gasteiger partial charge in [0.1, 0.15) is 0 Å². The van der Waals surface area contributed by atoms with Gasteiger partial charge >= 0.3 is 5.97 Å². The lowest BCUT2D eigenvalue weighted by Crippen LogP contribution is -2.19. The highest BCUT2D eigenvalue weighted by molar-refractivity contribution is 5.89. The van der Waals surface area contributed by atoms with Crippen molar-refractivity contribution < 1.29 is 9.53 Å². The van der Waals surface area contributed by atoms with E-state index in [4.69, 9.17) is 11.5 Å². The van der Waals surface area contributed by atoms with Crippen LogP contribution in [-0.4, -0.2) is 13.1 Å². The quantitative estimate of drug-likeness (QED) is 0.509. The Morgan fingerprint density at radius 2 is 1.85 bits per heavy atom. The number of hydrogen-bond acceptors (Lipinski definition) is 4. The summed E-state index contributed by atoms with van der Waals surface area (Å²) in [6, 6.07) is 6.68. The van der Waals surface area contributed by atoms with Crippen molar-refractivity contribution in [2.45, 2.75) is 6.17 Å². The van der Waals surface area contributed by atoms with Gasteiger partial charge in [-0.15, -0.1) is 0 Å². The second-order valence-corrected chi connectivity index (χ2v) is 2.64. The van der Waals surface area contributed by atoms with E-state index in [9.17, 15) is 4.79 Å². The number of carbonyl (C=O) groups is 1. The fourth-order valence-corrected chi connectivity index (χ4v) is 0.959. The molecule has 0 aliphatic heterocycles. The summed E-state index contributed by atoms with van der Waals surface area (Å²) < 4.78 is 4.54. The van der Waals surface area contributed by atoms with Crippen LogP contribution in [0.5, 0.6) is 0 Å². The predicted molar refractivity (Wildman–Crippen MR) is 48.9 cm³/mol. The van der Waals surface area contributed by atoms with Crippen LogP contribution in [0.3, 0.4) is 0 Å². The fourth-order valence-electron chi connectivity index (χ4n) is 0.959. The minimum Gasteiger partial charge on any atom is -0.465 e. The highest BCUT2D eigenvalue weighted by Gasteiger charge is 2.05. The van der Waals surface area contributed by atoms with Crippen LogP contribution in [0.25, 0.3) is 0 Å². The number of rotatable bonds is 2. The van der Waals surface area contributed by atoms with Gasteiger partial charge in [-0.05, 0) is 17.7 Å². The monoisotopic (exact) mass is 180 g/mol. The molecule has 0 unspecified atom stereocenters. The van der Waals surface area contributed by atoms with Gasteiger partial charge in [0, 0.05) is 0 Å². The molecule has 0 aliphatic carbocycles. The minimum atomic E-state index is -0.508.